The highest BCUT2D eigenvalue weighted by Gasteiger charge is 2.51. The van der Waals surface area contributed by atoms with Crippen LogP contribution < -0.4 is 14.8 Å². The molecule has 0 spiro atoms. The van der Waals surface area contributed by atoms with Gasteiger partial charge in [0.2, 0.25) is 15.9 Å². The fourth-order valence-corrected chi connectivity index (χ4v) is 5.43. The highest BCUT2D eigenvalue weighted by molar-refractivity contribution is 7.91. The lowest BCUT2D eigenvalue weighted by Crippen LogP contribution is -2.56. The summed E-state index contributed by atoms with van der Waals surface area (Å²) in [5, 5.41) is 2.74. The summed E-state index contributed by atoms with van der Waals surface area (Å²) >= 11 is 0. The zero-order valence-electron chi connectivity index (χ0n) is 16.8. The topological polar surface area (TPSA) is 84.9 Å². The number of nitrogens with one attached hydrogen (secondary N) is 1. The van der Waals surface area contributed by atoms with Gasteiger partial charge in [-0.05, 0) is 37.5 Å². The highest BCUT2D eigenvalue weighted by atomic mass is 32.2. The summed E-state index contributed by atoms with van der Waals surface area (Å²) in [6, 6.07) is 14.3. The third-order valence-electron chi connectivity index (χ3n) is 5.29. The minimum absolute atomic E-state index is 0.252. The molecule has 1 N–H and O–H groups in total. The van der Waals surface area contributed by atoms with Crippen molar-refractivity contribution in [2.45, 2.75) is 31.1 Å². The molecule has 1 heterocycles. The van der Waals surface area contributed by atoms with Crippen molar-refractivity contribution in [2.24, 2.45) is 0 Å². The van der Waals surface area contributed by atoms with Crippen molar-refractivity contribution >= 4 is 21.6 Å². The third kappa shape index (κ3) is 4.09. The van der Waals surface area contributed by atoms with E-state index in [2.05, 4.69) is 5.32 Å². The lowest BCUT2D eigenvalue weighted by molar-refractivity contribution is -0.118. The van der Waals surface area contributed by atoms with Gasteiger partial charge < -0.3 is 14.8 Å². The van der Waals surface area contributed by atoms with Crippen LogP contribution in [-0.2, 0) is 21.4 Å². The molecule has 0 aromatic heterocycles. The molecule has 0 unspecified atom stereocenters. The van der Waals surface area contributed by atoms with E-state index in [0.717, 1.165) is 5.56 Å². The summed E-state index contributed by atoms with van der Waals surface area (Å²) in [4.78, 5) is 13.1. The maximum absolute atomic E-state index is 13.3. The molecule has 29 heavy (non-hydrogen) atoms. The van der Waals surface area contributed by atoms with E-state index in [0.29, 0.717) is 30.2 Å². The van der Waals surface area contributed by atoms with Gasteiger partial charge in [0.05, 0.1) is 14.2 Å². The van der Waals surface area contributed by atoms with Crippen LogP contribution in [0.1, 0.15) is 25.3 Å². The maximum Gasteiger partial charge on any atom is 0.246 e. The van der Waals surface area contributed by atoms with E-state index in [1.165, 1.54) is 25.4 Å². The van der Waals surface area contributed by atoms with Gasteiger partial charge in [0.15, 0.2) is 16.2 Å². The number of carbonyl (C=O) groups excluding carboxylic acids is 1. The van der Waals surface area contributed by atoms with E-state index < -0.39 is 20.7 Å². The first-order chi connectivity index (χ1) is 13.8. The minimum atomic E-state index is -3.84. The first kappa shape index (κ1) is 21.1. The number of anilines is 1. The Labute approximate surface area is 171 Å². The van der Waals surface area contributed by atoms with Gasteiger partial charge in [-0.2, -0.15) is 4.31 Å². The summed E-state index contributed by atoms with van der Waals surface area (Å²) in [6.07, 6.45) is 0.877. The number of carbonyl (C=O) groups is 1. The average Bonchev–Trinajstić information content (AvgIpc) is 2.72. The quantitative estimate of drug-likeness (QED) is 0.779. The molecule has 1 aliphatic rings. The van der Waals surface area contributed by atoms with E-state index in [-0.39, 0.29) is 13.0 Å². The van der Waals surface area contributed by atoms with Crippen LogP contribution in [0.4, 0.5) is 5.69 Å². The van der Waals surface area contributed by atoms with Gasteiger partial charge in [-0.3, -0.25) is 4.79 Å². The van der Waals surface area contributed by atoms with E-state index in [1.54, 1.807) is 18.2 Å². The van der Waals surface area contributed by atoms with E-state index in [1.807, 2.05) is 30.3 Å². The number of nitrogens with zero attached hydrogens (tertiary/aromatic N) is 1. The first-order valence-electron chi connectivity index (χ1n) is 9.39. The molecule has 7 nitrogen and oxygen atoms in total. The third-order valence-corrected chi connectivity index (χ3v) is 7.81. The summed E-state index contributed by atoms with van der Waals surface area (Å²) in [5.41, 5.74) is 1.34. The maximum atomic E-state index is 13.3. The van der Waals surface area contributed by atoms with Gasteiger partial charge in [-0.15, -0.1) is 0 Å². The molecule has 3 rings (SSSR count). The molecule has 0 aliphatic carbocycles. The Bertz CT molecular complexity index is 978. The molecule has 1 saturated heterocycles. The Balaban J connectivity index is 1.83. The number of sulfonamides is 1. The molecule has 1 aliphatic heterocycles. The monoisotopic (exact) mass is 418 g/mol. The van der Waals surface area contributed by atoms with Crippen molar-refractivity contribution in [3.63, 3.8) is 0 Å². The van der Waals surface area contributed by atoms with Crippen LogP contribution in [0.3, 0.4) is 0 Å². The summed E-state index contributed by atoms with van der Waals surface area (Å²) in [6.45, 7) is 2.15. The van der Waals surface area contributed by atoms with Crippen LogP contribution in [0.25, 0.3) is 0 Å². The minimum Gasteiger partial charge on any atom is -0.493 e. The van der Waals surface area contributed by atoms with Gasteiger partial charge in [0.1, 0.15) is 0 Å². The molecule has 0 radical (unpaired) electrons. The lowest BCUT2D eigenvalue weighted by Gasteiger charge is -2.38. The molecule has 0 saturated carbocycles. The Hall–Kier alpha value is -2.58. The average molecular weight is 419 g/mol. The van der Waals surface area contributed by atoms with Gasteiger partial charge in [-0.1, -0.05) is 30.3 Å². The lowest BCUT2D eigenvalue weighted by atomic mass is 10.0. The number of ether oxygens (including phenoxy) is 2. The predicted octanol–water partition coefficient (Wildman–Crippen LogP) is 3.03. The molecule has 2 aromatic carbocycles. The molecule has 2 aromatic rings. The molecule has 1 fully saturated rings. The Kier molecular flexibility index (Phi) is 6.14. The number of hydrogen-bond acceptors (Lipinski definition) is 5. The van der Waals surface area contributed by atoms with Crippen molar-refractivity contribution in [1.29, 1.82) is 0 Å². The van der Waals surface area contributed by atoms with E-state index in [9.17, 15) is 13.2 Å². The van der Waals surface area contributed by atoms with Crippen LogP contribution in [0, 0.1) is 0 Å². The standard InChI is InChI=1S/C21H26N2O5S/c1-21(20(24)22-17-10-11-18(27-2)19(14-17)28-3)12-7-13-23(29(21,25)26)15-16-8-5-4-6-9-16/h4-6,8-11,14H,7,12-13,15H2,1-3H3,(H,22,24)/t21-/m0/s1. The normalized spacial score (nSPS) is 21.3. The number of amides is 1. The Morgan fingerprint density at radius 1 is 1.10 bits per heavy atom. The first-order valence-corrected chi connectivity index (χ1v) is 10.8. The summed E-state index contributed by atoms with van der Waals surface area (Å²) in [5.74, 6) is 0.422. The fraction of sp³-hybridized carbons (Fsp3) is 0.381. The molecule has 1 atom stereocenters. The zero-order valence-corrected chi connectivity index (χ0v) is 17.7. The second-order valence-electron chi connectivity index (χ2n) is 7.18. The molecule has 8 heteroatoms. The van der Waals surface area contributed by atoms with Crippen molar-refractivity contribution in [3.8, 4) is 11.5 Å². The van der Waals surface area contributed by atoms with Crippen LogP contribution in [0.15, 0.2) is 48.5 Å². The van der Waals surface area contributed by atoms with Crippen LogP contribution >= 0.6 is 0 Å². The number of methoxy groups -OCH3 is 2. The smallest absolute Gasteiger partial charge is 0.246 e. The number of benzene rings is 2. The summed E-state index contributed by atoms with van der Waals surface area (Å²) < 4.78 is 36.9. The van der Waals surface area contributed by atoms with E-state index in [4.69, 9.17) is 9.47 Å². The van der Waals surface area contributed by atoms with Crippen molar-refractivity contribution in [1.82, 2.24) is 4.31 Å². The molecule has 0 bridgehead atoms. The molecular formula is C21H26N2O5S. The molecule has 1 amide bonds. The summed E-state index contributed by atoms with van der Waals surface area (Å²) in [7, 11) is -0.826. The number of hydrogen-bond donors (Lipinski definition) is 1. The van der Waals surface area contributed by atoms with Crippen molar-refractivity contribution in [3.05, 3.63) is 54.1 Å². The second kappa shape index (κ2) is 8.42. The largest absolute Gasteiger partial charge is 0.493 e. The van der Waals surface area contributed by atoms with Crippen LogP contribution in [-0.4, -0.2) is 44.1 Å². The van der Waals surface area contributed by atoms with Gasteiger partial charge in [-0.25, -0.2) is 8.42 Å². The van der Waals surface area contributed by atoms with Crippen molar-refractivity contribution in [2.75, 3.05) is 26.1 Å². The molecule has 156 valence electrons. The highest BCUT2D eigenvalue weighted by Crippen LogP contribution is 2.35. The number of rotatable bonds is 6. The van der Waals surface area contributed by atoms with Gasteiger partial charge in [0, 0.05) is 24.8 Å². The fourth-order valence-electron chi connectivity index (χ4n) is 3.49. The van der Waals surface area contributed by atoms with Gasteiger partial charge >= 0.3 is 0 Å². The zero-order chi connectivity index (χ0) is 21.1. The second-order valence-corrected chi connectivity index (χ2v) is 9.55. The Morgan fingerprint density at radius 3 is 2.45 bits per heavy atom. The van der Waals surface area contributed by atoms with Crippen LogP contribution in [0.2, 0.25) is 0 Å². The van der Waals surface area contributed by atoms with Gasteiger partial charge in [0.25, 0.3) is 0 Å². The SMILES string of the molecule is COc1ccc(NC(=O)[C@]2(C)CCCN(Cc3ccccc3)S2(=O)=O)cc1OC. The van der Waals surface area contributed by atoms with Crippen molar-refractivity contribution < 1.29 is 22.7 Å². The molecular weight excluding hydrogens is 392 g/mol. The predicted molar refractivity (Wildman–Crippen MR) is 112 cm³/mol. The Morgan fingerprint density at radius 2 is 1.79 bits per heavy atom. The van der Waals surface area contributed by atoms with Crippen LogP contribution in [0.5, 0.6) is 11.5 Å². The van der Waals surface area contributed by atoms with E-state index >= 15 is 0 Å².